The Kier molecular flexibility index (Phi) is 7.21. The van der Waals surface area contributed by atoms with Crippen LogP contribution < -0.4 is 5.32 Å². The van der Waals surface area contributed by atoms with Gasteiger partial charge in [-0.2, -0.15) is 0 Å². The maximum atomic E-state index is 12.7. The zero-order chi connectivity index (χ0) is 23.7. The Morgan fingerprint density at radius 1 is 1.09 bits per heavy atom. The van der Waals surface area contributed by atoms with Crippen molar-refractivity contribution in [2.75, 3.05) is 11.9 Å². The van der Waals surface area contributed by atoms with Gasteiger partial charge < -0.3 is 9.73 Å². The molecular weight excluding hydrogens is 575 g/mol. The largest absolute Gasteiger partial charge is 0.457 e. The fraction of sp³-hybridized carbons (Fsp3) is 0.0455. The van der Waals surface area contributed by atoms with Crippen LogP contribution in [0.5, 0.6) is 0 Å². The smallest absolute Gasteiger partial charge is 0.294 e. The van der Waals surface area contributed by atoms with Crippen LogP contribution in [0.4, 0.5) is 10.5 Å². The van der Waals surface area contributed by atoms with Gasteiger partial charge in [0.25, 0.3) is 11.1 Å². The molecule has 0 spiro atoms. The van der Waals surface area contributed by atoms with Gasteiger partial charge in [-0.05, 0) is 70.2 Å². The lowest BCUT2D eigenvalue weighted by Crippen LogP contribution is -2.36. The predicted octanol–water partition coefficient (Wildman–Crippen LogP) is 7.34. The van der Waals surface area contributed by atoms with Gasteiger partial charge in [0.15, 0.2) is 0 Å². The molecule has 6 nitrogen and oxygen atoms in total. The number of anilines is 1. The average Bonchev–Trinajstić information content (AvgIpc) is 3.33. The van der Waals surface area contributed by atoms with Crippen LogP contribution in [-0.4, -0.2) is 28.5 Å². The zero-order valence-electron chi connectivity index (χ0n) is 16.4. The number of thioether (sulfide) groups is 1. The molecule has 168 valence electrons. The van der Waals surface area contributed by atoms with E-state index in [4.69, 9.17) is 39.2 Å². The third-order valence-electron chi connectivity index (χ3n) is 4.50. The van der Waals surface area contributed by atoms with Crippen LogP contribution in [0.25, 0.3) is 17.4 Å². The van der Waals surface area contributed by atoms with E-state index < -0.39 is 23.6 Å². The lowest BCUT2D eigenvalue weighted by Gasteiger charge is -2.12. The number of hydrogen-bond donors (Lipinski definition) is 1. The minimum Gasteiger partial charge on any atom is -0.457 e. The number of rotatable bonds is 5. The number of imide groups is 1. The summed E-state index contributed by atoms with van der Waals surface area (Å²) in [5.74, 6) is -0.318. The summed E-state index contributed by atoms with van der Waals surface area (Å²) in [6, 6.07) is 13.4. The van der Waals surface area contributed by atoms with Crippen LogP contribution in [0, 0.1) is 0 Å². The van der Waals surface area contributed by atoms with Gasteiger partial charge in [-0.1, -0.05) is 40.9 Å². The second-order valence-corrected chi connectivity index (χ2v) is 9.79. The van der Waals surface area contributed by atoms with E-state index in [9.17, 15) is 14.4 Å². The SMILES string of the molecule is O=C(CN1C(=O)S/C(=C/c2ccc(-c3cccc(Cl)c3Cl)o2)C1=O)Nc1ccc(Br)c(Cl)c1. The number of hydrogen-bond acceptors (Lipinski definition) is 5. The van der Waals surface area contributed by atoms with Gasteiger partial charge in [0.1, 0.15) is 18.1 Å². The summed E-state index contributed by atoms with van der Waals surface area (Å²) in [5, 5.41) is 3.20. The second kappa shape index (κ2) is 9.95. The van der Waals surface area contributed by atoms with Crippen molar-refractivity contribution in [1.82, 2.24) is 4.90 Å². The lowest BCUT2D eigenvalue weighted by atomic mass is 10.2. The van der Waals surface area contributed by atoms with Crippen LogP contribution in [-0.2, 0) is 9.59 Å². The van der Waals surface area contributed by atoms with E-state index in [0.29, 0.717) is 42.3 Å². The molecule has 1 saturated heterocycles. The van der Waals surface area contributed by atoms with Gasteiger partial charge in [-0.25, -0.2) is 0 Å². The summed E-state index contributed by atoms with van der Waals surface area (Å²) in [4.78, 5) is 38.4. The van der Waals surface area contributed by atoms with Gasteiger partial charge in [0.05, 0.1) is 20.0 Å². The maximum absolute atomic E-state index is 12.7. The highest BCUT2D eigenvalue weighted by atomic mass is 79.9. The van der Waals surface area contributed by atoms with E-state index in [0.717, 1.165) is 16.7 Å². The Labute approximate surface area is 216 Å². The normalized spacial score (nSPS) is 14.9. The molecule has 0 aliphatic carbocycles. The Morgan fingerprint density at radius 3 is 2.64 bits per heavy atom. The molecule has 3 aromatic rings. The second-order valence-electron chi connectivity index (χ2n) is 6.75. The fourth-order valence-corrected chi connectivity index (χ4v) is 4.59. The van der Waals surface area contributed by atoms with Crippen molar-refractivity contribution in [1.29, 1.82) is 0 Å². The van der Waals surface area contributed by atoms with Gasteiger partial charge in [0, 0.05) is 21.8 Å². The van der Waals surface area contributed by atoms with E-state index >= 15 is 0 Å². The standard InChI is InChI=1S/C22H12BrCl3N2O4S/c23-14-6-4-11(8-16(14)25)27-19(29)10-28-21(30)18(33-22(28)31)9-12-5-7-17(32-12)13-2-1-3-15(24)20(13)26/h1-9H,10H2,(H,27,29)/b18-9+. The molecule has 0 atom stereocenters. The minimum absolute atomic E-state index is 0.137. The first-order valence-corrected chi connectivity index (χ1v) is 12.0. The van der Waals surface area contributed by atoms with E-state index in [1.165, 1.54) is 6.08 Å². The summed E-state index contributed by atoms with van der Waals surface area (Å²) in [7, 11) is 0. The highest BCUT2D eigenvalue weighted by Crippen LogP contribution is 2.36. The van der Waals surface area contributed by atoms with Gasteiger partial charge in [0.2, 0.25) is 5.91 Å². The third kappa shape index (κ3) is 5.31. The fourth-order valence-electron chi connectivity index (χ4n) is 2.95. The van der Waals surface area contributed by atoms with Crippen molar-refractivity contribution in [2.24, 2.45) is 0 Å². The molecule has 2 heterocycles. The number of nitrogens with one attached hydrogen (secondary N) is 1. The third-order valence-corrected chi connectivity index (χ3v) is 7.45. The molecule has 1 aliphatic rings. The van der Waals surface area contributed by atoms with Crippen molar-refractivity contribution >= 4 is 91.3 Å². The molecule has 1 aromatic heterocycles. The monoisotopic (exact) mass is 584 g/mol. The Bertz CT molecular complexity index is 1320. The molecule has 0 saturated carbocycles. The van der Waals surface area contributed by atoms with Crippen molar-refractivity contribution in [3.63, 3.8) is 0 Å². The molecule has 0 unspecified atom stereocenters. The quantitative estimate of drug-likeness (QED) is 0.317. The number of carbonyl (C=O) groups is 3. The first-order chi connectivity index (χ1) is 15.7. The van der Waals surface area contributed by atoms with E-state index in [1.54, 1.807) is 48.5 Å². The number of halogens is 4. The molecule has 4 rings (SSSR count). The Balaban J connectivity index is 1.47. The van der Waals surface area contributed by atoms with Gasteiger partial charge in [-0.3, -0.25) is 19.3 Å². The van der Waals surface area contributed by atoms with Crippen LogP contribution in [0.3, 0.4) is 0 Å². The number of benzene rings is 2. The topological polar surface area (TPSA) is 79.6 Å². The van der Waals surface area contributed by atoms with E-state index in [-0.39, 0.29) is 4.91 Å². The Morgan fingerprint density at radius 2 is 1.88 bits per heavy atom. The van der Waals surface area contributed by atoms with Gasteiger partial charge in [-0.15, -0.1) is 0 Å². The minimum atomic E-state index is -0.590. The highest BCUT2D eigenvalue weighted by Gasteiger charge is 2.36. The Hall–Kier alpha value is -2.23. The number of carbonyl (C=O) groups excluding carboxylic acids is 3. The molecule has 1 fully saturated rings. The van der Waals surface area contributed by atoms with Gasteiger partial charge >= 0.3 is 0 Å². The molecule has 33 heavy (non-hydrogen) atoms. The number of nitrogens with zero attached hydrogens (tertiary/aromatic N) is 1. The van der Waals surface area contributed by atoms with Crippen molar-refractivity contribution < 1.29 is 18.8 Å². The molecule has 2 aromatic carbocycles. The van der Waals surface area contributed by atoms with Crippen LogP contribution in [0.1, 0.15) is 5.76 Å². The summed E-state index contributed by atoms with van der Waals surface area (Å²) in [6.45, 7) is -0.433. The average molecular weight is 587 g/mol. The summed E-state index contributed by atoms with van der Waals surface area (Å²) in [5.41, 5.74) is 1.04. The maximum Gasteiger partial charge on any atom is 0.294 e. The zero-order valence-corrected chi connectivity index (χ0v) is 21.1. The molecule has 11 heteroatoms. The first kappa shape index (κ1) is 23.9. The van der Waals surface area contributed by atoms with E-state index in [1.807, 2.05) is 0 Å². The summed E-state index contributed by atoms with van der Waals surface area (Å²) >= 11 is 22.3. The number of amides is 3. The summed E-state index contributed by atoms with van der Waals surface area (Å²) < 4.78 is 6.43. The number of furan rings is 1. The molecule has 0 radical (unpaired) electrons. The molecule has 1 aliphatic heterocycles. The van der Waals surface area contributed by atoms with Crippen molar-refractivity contribution in [3.8, 4) is 11.3 Å². The molecule has 0 bridgehead atoms. The molecule has 1 N–H and O–H groups in total. The van der Waals surface area contributed by atoms with Crippen molar-refractivity contribution in [3.05, 3.63) is 78.7 Å². The molecule has 3 amide bonds. The van der Waals surface area contributed by atoms with Crippen molar-refractivity contribution in [2.45, 2.75) is 0 Å². The van der Waals surface area contributed by atoms with Crippen LogP contribution in [0.2, 0.25) is 15.1 Å². The highest BCUT2D eigenvalue weighted by molar-refractivity contribution is 9.10. The predicted molar refractivity (Wildman–Crippen MR) is 135 cm³/mol. The lowest BCUT2D eigenvalue weighted by molar-refractivity contribution is -0.127. The van der Waals surface area contributed by atoms with Crippen LogP contribution >= 0.6 is 62.5 Å². The van der Waals surface area contributed by atoms with E-state index in [2.05, 4.69) is 21.2 Å². The summed E-state index contributed by atoms with van der Waals surface area (Å²) in [6.07, 6.45) is 1.44. The first-order valence-electron chi connectivity index (χ1n) is 9.27. The molecular formula is C22H12BrCl3N2O4S. The van der Waals surface area contributed by atoms with Crippen LogP contribution in [0.15, 0.2) is 62.3 Å².